The van der Waals surface area contributed by atoms with Gasteiger partial charge in [-0.2, -0.15) is 0 Å². The molecule has 5 heteroatoms. The van der Waals surface area contributed by atoms with Gasteiger partial charge in [0.25, 0.3) is 0 Å². The van der Waals surface area contributed by atoms with Crippen molar-refractivity contribution in [3.05, 3.63) is 0 Å². The third-order valence-corrected chi connectivity index (χ3v) is 2.74. The molecule has 0 atom stereocenters. The Labute approximate surface area is 89.4 Å². The Balaban J connectivity index is 2.22. The summed E-state index contributed by atoms with van der Waals surface area (Å²) in [5.41, 5.74) is 0. The van der Waals surface area contributed by atoms with Crippen molar-refractivity contribution in [2.24, 2.45) is 5.92 Å². The number of hydrogen-bond acceptors (Lipinski definition) is 2. The van der Waals surface area contributed by atoms with Gasteiger partial charge in [-0.3, -0.25) is 4.79 Å². The van der Waals surface area contributed by atoms with Crippen LogP contribution in [0.1, 0.15) is 25.7 Å². The maximum absolute atomic E-state index is 11.4. The molecule has 5 nitrogen and oxygen atoms in total. The number of carboxylic acid groups (broad SMARTS) is 1. The average molecular weight is 214 g/mol. The van der Waals surface area contributed by atoms with Crippen LogP contribution < -0.4 is 5.32 Å². The lowest BCUT2D eigenvalue weighted by Gasteiger charge is -2.20. The van der Waals surface area contributed by atoms with Gasteiger partial charge in [0.05, 0.1) is 0 Å². The van der Waals surface area contributed by atoms with Gasteiger partial charge in [-0.05, 0) is 18.8 Å². The normalized spacial score (nSPS) is 16.3. The fourth-order valence-electron chi connectivity index (χ4n) is 1.95. The molecule has 0 bridgehead atoms. The van der Waals surface area contributed by atoms with Crippen molar-refractivity contribution in [3.8, 4) is 0 Å². The Morgan fingerprint density at radius 1 is 1.40 bits per heavy atom. The molecule has 0 unspecified atom stereocenters. The lowest BCUT2D eigenvalue weighted by Crippen LogP contribution is -2.41. The second kappa shape index (κ2) is 5.58. The molecule has 0 spiro atoms. The molecule has 0 aromatic carbocycles. The molecule has 2 amide bonds. The monoisotopic (exact) mass is 214 g/mol. The van der Waals surface area contributed by atoms with E-state index in [2.05, 4.69) is 5.32 Å². The van der Waals surface area contributed by atoms with E-state index >= 15 is 0 Å². The molecule has 15 heavy (non-hydrogen) atoms. The van der Waals surface area contributed by atoms with Crippen LogP contribution in [0, 0.1) is 5.92 Å². The molecule has 2 N–H and O–H groups in total. The van der Waals surface area contributed by atoms with E-state index in [9.17, 15) is 9.59 Å². The van der Waals surface area contributed by atoms with E-state index in [4.69, 9.17) is 5.11 Å². The van der Waals surface area contributed by atoms with Gasteiger partial charge in [0.15, 0.2) is 0 Å². The van der Waals surface area contributed by atoms with E-state index in [1.807, 2.05) is 0 Å². The fourth-order valence-corrected chi connectivity index (χ4v) is 1.95. The van der Waals surface area contributed by atoms with Crippen molar-refractivity contribution in [3.63, 3.8) is 0 Å². The molecule has 1 saturated carbocycles. The van der Waals surface area contributed by atoms with Crippen molar-refractivity contribution < 1.29 is 14.7 Å². The minimum atomic E-state index is -1.02. The lowest BCUT2D eigenvalue weighted by molar-refractivity contribution is -0.135. The highest BCUT2D eigenvalue weighted by atomic mass is 16.4. The molecule has 0 aliphatic heterocycles. The second-order valence-corrected chi connectivity index (χ2v) is 4.08. The molecule has 1 fully saturated rings. The summed E-state index contributed by atoms with van der Waals surface area (Å²) in [4.78, 5) is 23.2. The highest BCUT2D eigenvalue weighted by Gasteiger charge is 2.19. The van der Waals surface area contributed by atoms with Gasteiger partial charge in [-0.15, -0.1) is 0 Å². The predicted octanol–water partition coefficient (Wildman–Crippen LogP) is 0.903. The Bertz CT molecular complexity index is 237. The number of carbonyl (C=O) groups is 2. The Hall–Kier alpha value is -1.26. The first kappa shape index (κ1) is 11.8. The fraction of sp³-hybridized carbons (Fsp3) is 0.800. The Morgan fingerprint density at radius 2 is 2.00 bits per heavy atom. The SMILES string of the molecule is CN(CC1CCCC1)C(=O)NCC(=O)O. The van der Waals surface area contributed by atoms with Crippen molar-refractivity contribution in [1.29, 1.82) is 0 Å². The van der Waals surface area contributed by atoms with Gasteiger partial charge < -0.3 is 15.3 Å². The molecule has 1 aliphatic rings. The zero-order valence-corrected chi connectivity index (χ0v) is 9.03. The topological polar surface area (TPSA) is 69.6 Å². The average Bonchev–Trinajstić information content (AvgIpc) is 2.66. The quantitative estimate of drug-likeness (QED) is 0.730. The number of amides is 2. The van der Waals surface area contributed by atoms with E-state index in [1.165, 1.54) is 25.7 Å². The number of rotatable bonds is 4. The molecule has 1 aliphatic carbocycles. The maximum Gasteiger partial charge on any atom is 0.323 e. The van der Waals surface area contributed by atoms with Crippen LogP contribution in [0.3, 0.4) is 0 Å². The molecular weight excluding hydrogens is 196 g/mol. The maximum atomic E-state index is 11.4. The van der Waals surface area contributed by atoms with Gasteiger partial charge >= 0.3 is 12.0 Å². The number of hydrogen-bond donors (Lipinski definition) is 2. The first-order chi connectivity index (χ1) is 7.09. The zero-order valence-electron chi connectivity index (χ0n) is 9.03. The summed E-state index contributed by atoms with van der Waals surface area (Å²) in [6.45, 7) is 0.416. The van der Waals surface area contributed by atoms with E-state index in [1.54, 1.807) is 11.9 Å². The number of carbonyl (C=O) groups excluding carboxylic acids is 1. The number of nitrogens with zero attached hydrogens (tertiary/aromatic N) is 1. The summed E-state index contributed by atoms with van der Waals surface area (Å²) < 4.78 is 0. The van der Waals surface area contributed by atoms with Gasteiger partial charge in [-0.1, -0.05) is 12.8 Å². The first-order valence-corrected chi connectivity index (χ1v) is 5.30. The van der Waals surface area contributed by atoms with Crippen LogP contribution in [0.2, 0.25) is 0 Å². The van der Waals surface area contributed by atoms with Crippen molar-refractivity contribution >= 4 is 12.0 Å². The molecule has 0 aromatic heterocycles. The van der Waals surface area contributed by atoms with E-state index in [0.29, 0.717) is 5.92 Å². The minimum Gasteiger partial charge on any atom is -0.480 e. The van der Waals surface area contributed by atoms with Crippen LogP contribution in [0.5, 0.6) is 0 Å². The van der Waals surface area contributed by atoms with Crippen molar-refractivity contribution in [1.82, 2.24) is 10.2 Å². The van der Waals surface area contributed by atoms with E-state index in [0.717, 1.165) is 6.54 Å². The molecule has 86 valence electrons. The van der Waals surface area contributed by atoms with Crippen LogP contribution in [0.25, 0.3) is 0 Å². The Kier molecular flexibility index (Phi) is 4.39. The molecule has 0 aromatic rings. The van der Waals surface area contributed by atoms with Crippen LogP contribution >= 0.6 is 0 Å². The predicted molar refractivity (Wildman–Crippen MR) is 55.6 cm³/mol. The van der Waals surface area contributed by atoms with Crippen LogP contribution in [0.4, 0.5) is 4.79 Å². The molecule has 0 radical (unpaired) electrons. The highest BCUT2D eigenvalue weighted by Crippen LogP contribution is 2.24. The number of nitrogens with one attached hydrogen (secondary N) is 1. The van der Waals surface area contributed by atoms with Gasteiger partial charge in [0.1, 0.15) is 6.54 Å². The first-order valence-electron chi connectivity index (χ1n) is 5.30. The van der Waals surface area contributed by atoms with Crippen LogP contribution in [0.15, 0.2) is 0 Å². The summed E-state index contributed by atoms with van der Waals surface area (Å²) in [7, 11) is 1.70. The van der Waals surface area contributed by atoms with Crippen molar-refractivity contribution in [2.75, 3.05) is 20.1 Å². The van der Waals surface area contributed by atoms with E-state index < -0.39 is 5.97 Å². The smallest absolute Gasteiger partial charge is 0.323 e. The summed E-state index contributed by atoms with van der Waals surface area (Å²) in [6, 6.07) is -0.302. The number of carboxylic acids is 1. The largest absolute Gasteiger partial charge is 0.480 e. The van der Waals surface area contributed by atoms with Crippen molar-refractivity contribution in [2.45, 2.75) is 25.7 Å². The number of urea groups is 1. The zero-order chi connectivity index (χ0) is 11.3. The molecular formula is C10H18N2O3. The van der Waals surface area contributed by atoms with Gasteiger partial charge in [0, 0.05) is 13.6 Å². The third-order valence-electron chi connectivity index (χ3n) is 2.74. The standard InChI is InChI=1S/C10H18N2O3/c1-12(7-8-4-2-3-5-8)10(15)11-6-9(13)14/h8H,2-7H2,1H3,(H,11,15)(H,13,14). The molecule has 0 saturated heterocycles. The van der Waals surface area contributed by atoms with Gasteiger partial charge in [0.2, 0.25) is 0 Å². The summed E-state index contributed by atoms with van der Waals surface area (Å²) >= 11 is 0. The summed E-state index contributed by atoms with van der Waals surface area (Å²) in [6.07, 6.45) is 4.84. The Morgan fingerprint density at radius 3 is 2.53 bits per heavy atom. The highest BCUT2D eigenvalue weighted by molar-refractivity contribution is 5.79. The van der Waals surface area contributed by atoms with E-state index in [-0.39, 0.29) is 12.6 Å². The van der Waals surface area contributed by atoms with Gasteiger partial charge in [-0.25, -0.2) is 4.79 Å². The summed E-state index contributed by atoms with van der Waals surface area (Å²) in [5.74, 6) is -0.428. The minimum absolute atomic E-state index is 0.302. The van der Waals surface area contributed by atoms with Crippen LogP contribution in [-0.2, 0) is 4.79 Å². The summed E-state index contributed by atoms with van der Waals surface area (Å²) in [5, 5.41) is 10.7. The number of aliphatic carboxylic acids is 1. The second-order valence-electron chi connectivity index (χ2n) is 4.08. The molecule has 1 rings (SSSR count). The third kappa shape index (κ3) is 4.18. The molecule has 0 heterocycles. The lowest BCUT2D eigenvalue weighted by atomic mass is 10.1. The van der Waals surface area contributed by atoms with Crippen LogP contribution in [-0.4, -0.2) is 42.1 Å².